The molecule has 624 valence electrons. The van der Waals surface area contributed by atoms with Crippen molar-refractivity contribution in [3.8, 4) is 5.75 Å². The van der Waals surface area contributed by atoms with Crippen LogP contribution in [0.15, 0.2) is 36.8 Å². The van der Waals surface area contributed by atoms with Crippen LogP contribution in [0.1, 0.15) is 157 Å². The van der Waals surface area contributed by atoms with Gasteiger partial charge in [-0.3, -0.25) is 78.6 Å². The molecule has 112 heavy (non-hydrogen) atoms. The number of carboxylic acid groups (broad SMARTS) is 2. The topological polar surface area (TPSA) is 670 Å². The van der Waals surface area contributed by atoms with Gasteiger partial charge in [0.05, 0.1) is 24.6 Å². The molecular formula is C71H118N24O17. The molecule has 1 aromatic heterocycles. The van der Waals surface area contributed by atoms with Gasteiger partial charge in [0.2, 0.25) is 70.9 Å². The molecule has 3 rings (SSSR count). The van der Waals surface area contributed by atoms with E-state index in [4.69, 9.17) is 33.4 Å². The Labute approximate surface area is 650 Å². The molecule has 0 unspecified atom stereocenters. The lowest BCUT2D eigenvalue weighted by molar-refractivity contribution is -0.143. The van der Waals surface area contributed by atoms with Gasteiger partial charge in [-0.15, -0.1) is 0 Å². The molecule has 29 N–H and O–H groups in total. The SMILES string of the molecule is CC[C@H](C)[C@H](NC(=O)[C@H](CCCNC(=N)N)NC(=O)[C@H](CCCNC(=N)N)NC(=O)[C@@H](NC(=O)[C@@H](NC(=O)[C@H](CCCNC(=N)N)NC(=O)[C@H](C)NC(=O)CNC(=O)[C@H](Cc1ccc(O)cc1)NC(=O)[C@@H]1CCCN1)C(C)C)[C@@H](C)CC)C(=O)N[C@@H](CC(C)C)C(=O)N[C@@H](CCC(=O)O)C(=O)N[C@@H](Cc1c[nH]cn1)C(=O)O. The number of carbonyl (C=O) groups excluding carboxylic acids is 12. The Morgan fingerprint density at radius 1 is 0.509 bits per heavy atom. The summed E-state index contributed by atoms with van der Waals surface area (Å²) in [5.41, 5.74) is 17.5. The Bertz CT molecular complexity index is 3500. The van der Waals surface area contributed by atoms with E-state index in [1.165, 1.54) is 31.6 Å². The first kappa shape index (κ1) is 94.8. The van der Waals surface area contributed by atoms with Gasteiger partial charge in [0.15, 0.2) is 17.9 Å². The van der Waals surface area contributed by atoms with Crippen molar-refractivity contribution in [2.45, 2.75) is 231 Å². The largest absolute Gasteiger partial charge is 0.508 e. The standard InChI is InChI=1S/C71H118N24O17/c1-10-38(7)55(67(110)91-49(30-36(3)4)64(107)88-48(24-25-53(98)99)61(104)92-51(68(111)112)32-42-33-78-35-84-42)94-63(106)47(19-15-29-82-71(76)77)87-60(103)45(17-13-27-80-69(72)73)89-66(109)56(39(8)11-2)95-65(108)54(37(5)6)93-62(105)46(18-14-28-81-70(74)75)86-57(100)40(9)85-52(97)34-83-58(101)50(31-41-20-22-43(96)23-21-41)90-59(102)44-16-12-26-79-44/h20-23,33,35-40,44-51,54-56,79,96H,10-19,24-32,34H2,1-9H3,(H,78,84)(H,83,101)(H,85,97)(H,86,100)(H,87,103)(H,88,107)(H,89,109)(H,90,102)(H,91,110)(H,92,104)(H,93,105)(H,94,106)(H,95,108)(H,98,99)(H,111,112)(H4,72,73,80)(H4,74,75,81)(H4,76,77,82)/t38-,39-,40-,44-,45-,46-,47-,48-,49-,50-,51-,54-,55-,56-/m0/s1. The molecule has 2 heterocycles. The summed E-state index contributed by atoms with van der Waals surface area (Å²) in [6, 6.07) is -10.3. The normalized spacial score (nSPS) is 15.9. The first-order valence-electron chi connectivity index (χ1n) is 37.6. The number of rotatable bonds is 51. The van der Waals surface area contributed by atoms with Crippen LogP contribution in [-0.2, 0) is 80.0 Å². The fourth-order valence-corrected chi connectivity index (χ4v) is 11.7. The molecule has 0 bridgehead atoms. The van der Waals surface area contributed by atoms with Crippen molar-refractivity contribution in [3.05, 3.63) is 48.0 Å². The molecule has 1 saturated heterocycles. The highest BCUT2D eigenvalue weighted by Gasteiger charge is 2.39. The Morgan fingerprint density at radius 3 is 1.38 bits per heavy atom. The molecule has 41 nitrogen and oxygen atoms in total. The van der Waals surface area contributed by atoms with Gasteiger partial charge in [-0.25, -0.2) is 9.78 Å². The monoisotopic (exact) mass is 1580 g/mol. The Hall–Kier alpha value is -11.4. The lowest BCUT2D eigenvalue weighted by atomic mass is 9.95. The summed E-state index contributed by atoms with van der Waals surface area (Å²) >= 11 is 0. The molecule has 41 heteroatoms. The van der Waals surface area contributed by atoms with Gasteiger partial charge in [0.25, 0.3) is 0 Å². The number of benzene rings is 1. The number of nitrogens with one attached hydrogen (secondary N) is 20. The highest BCUT2D eigenvalue weighted by Crippen LogP contribution is 2.18. The number of imidazole rings is 1. The highest BCUT2D eigenvalue weighted by atomic mass is 16.4. The van der Waals surface area contributed by atoms with Crippen molar-refractivity contribution in [1.82, 2.24) is 95.0 Å². The number of nitrogens with zero attached hydrogens (tertiary/aromatic N) is 1. The summed E-state index contributed by atoms with van der Waals surface area (Å²) in [6.07, 6.45) is 2.86. The summed E-state index contributed by atoms with van der Waals surface area (Å²) in [4.78, 5) is 200. The average molecular weight is 1580 g/mol. The smallest absolute Gasteiger partial charge is 0.326 e. The maximum Gasteiger partial charge on any atom is 0.326 e. The molecule has 0 saturated carbocycles. The highest BCUT2D eigenvalue weighted by molar-refractivity contribution is 6.00. The molecule has 1 aliphatic heterocycles. The number of carboxylic acids is 2. The zero-order valence-corrected chi connectivity index (χ0v) is 65.1. The number of hydrogen-bond acceptors (Lipinski definition) is 20. The molecule has 0 aliphatic carbocycles. The maximum absolute atomic E-state index is 14.8. The summed E-state index contributed by atoms with van der Waals surface area (Å²) in [7, 11) is 0. The molecule has 0 radical (unpaired) electrons. The maximum atomic E-state index is 14.8. The van der Waals surface area contributed by atoms with Gasteiger partial charge >= 0.3 is 11.9 Å². The Morgan fingerprint density at radius 2 is 0.946 bits per heavy atom. The summed E-state index contributed by atoms with van der Waals surface area (Å²) < 4.78 is 0. The number of carbonyl (C=O) groups is 14. The van der Waals surface area contributed by atoms with Crippen molar-refractivity contribution in [2.24, 2.45) is 40.9 Å². The van der Waals surface area contributed by atoms with Gasteiger partial charge in [0.1, 0.15) is 72.2 Å². The summed E-state index contributed by atoms with van der Waals surface area (Å²) in [6.45, 7) is 14.7. The number of amides is 12. The number of aromatic hydroxyl groups is 1. The molecule has 1 aromatic carbocycles. The minimum absolute atomic E-state index is 0.00335. The van der Waals surface area contributed by atoms with E-state index in [0.717, 1.165) is 6.42 Å². The average Bonchev–Trinajstić information content (AvgIpc) is 0.958. The second-order valence-electron chi connectivity index (χ2n) is 28.5. The van der Waals surface area contributed by atoms with Crippen molar-refractivity contribution >= 4 is 101 Å². The summed E-state index contributed by atoms with van der Waals surface area (Å²) in [5.74, 6) is -16.6. The van der Waals surface area contributed by atoms with Crippen LogP contribution in [0, 0.1) is 39.9 Å². The molecule has 1 aliphatic rings. The number of hydrogen-bond donors (Lipinski definition) is 26. The van der Waals surface area contributed by atoms with Crippen LogP contribution in [0.5, 0.6) is 5.75 Å². The van der Waals surface area contributed by atoms with Crippen LogP contribution in [0.4, 0.5) is 0 Å². The van der Waals surface area contributed by atoms with Gasteiger partial charge in [-0.1, -0.05) is 80.4 Å². The lowest BCUT2D eigenvalue weighted by Gasteiger charge is -2.31. The van der Waals surface area contributed by atoms with Crippen LogP contribution in [0.2, 0.25) is 0 Å². The minimum atomic E-state index is -1.61. The molecule has 2 aromatic rings. The zero-order valence-electron chi connectivity index (χ0n) is 65.1. The minimum Gasteiger partial charge on any atom is -0.508 e. The lowest BCUT2D eigenvalue weighted by Crippen LogP contribution is -2.62. The Kier molecular flexibility index (Phi) is 41.4. The van der Waals surface area contributed by atoms with Crippen molar-refractivity contribution in [3.63, 3.8) is 0 Å². The number of aromatic nitrogens is 2. The number of aromatic amines is 1. The fraction of sp³-hybridized carbons (Fsp3) is 0.634. The van der Waals surface area contributed by atoms with Gasteiger partial charge in [-0.2, -0.15) is 0 Å². The first-order chi connectivity index (χ1) is 52.8. The van der Waals surface area contributed by atoms with E-state index < -0.39 is 204 Å². The molecular weight excluding hydrogens is 1460 g/mol. The van der Waals surface area contributed by atoms with E-state index in [-0.39, 0.29) is 114 Å². The summed E-state index contributed by atoms with van der Waals surface area (Å²) in [5, 5.41) is 94.5. The van der Waals surface area contributed by atoms with Gasteiger partial charge in [0, 0.05) is 45.1 Å². The predicted molar refractivity (Wildman–Crippen MR) is 410 cm³/mol. The number of phenols is 1. The molecule has 14 atom stereocenters. The van der Waals surface area contributed by atoms with Crippen LogP contribution >= 0.6 is 0 Å². The van der Waals surface area contributed by atoms with Crippen LogP contribution < -0.4 is 102 Å². The van der Waals surface area contributed by atoms with Gasteiger partial charge in [-0.05, 0) is 119 Å². The number of nitrogens with two attached hydrogens (primary N) is 3. The van der Waals surface area contributed by atoms with Crippen LogP contribution in [0.25, 0.3) is 0 Å². The third-order valence-electron chi connectivity index (χ3n) is 18.5. The molecule has 12 amide bonds. The first-order valence-corrected chi connectivity index (χ1v) is 37.6. The quantitative estimate of drug-likeness (QED) is 0.0169. The van der Waals surface area contributed by atoms with Crippen molar-refractivity contribution < 1.29 is 82.4 Å². The number of phenolic OH excluding ortho intramolecular Hbond substituents is 1. The van der Waals surface area contributed by atoms with E-state index in [9.17, 15) is 82.4 Å². The van der Waals surface area contributed by atoms with E-state index in [2.05, 4.69) is 95.0 Å². The third kappa shape index (κ3) is 35.1. The van der Waals surface area contributed by atoms with Crippen molar-refractivity contribution in [1.29, 1.82) is 16.2 Å². The number of guanidine groups is 3. The van der Waals surface area contributed by atoms with Crippen LogP contribution in [-0.4, -0.2) is 231 Å². The molecule has 1 fully saturated rings. The van der Waals surface area contributed by atoms with Crippen molar-refractivity contribution in [2.75, 3.05) is 32.7 Å². The zero-order chi connectivity index (χ0) is 83.9. The van der Waals surface area contributed by atoms with E-state index in [1.54, 1.807) is 67.5 Å². The van der Waals surface area contributed by atoms with E-state index in [0.29, 0.717) is 18.5 Å². The van der Waals surface area contributed by atoms with E-state index >= 15 is 0 Å². The third-order valence-corrected chi connectivity index (χ3v) is 18.5. The second kappa shape index (κ2) is 49.0. The number of aliphatic carboxylic acids is 2. The second-order valence-corrected chi connectivity index (χ2v) is 28.5. The predicted octanol–water partition coefficient (Wildman–Crippen LogP) is -4.35. The molecule has 0 spiro atoms. The Balaban J connectivity index is 1.91. The van der Waals surface area contributed by atoms with Gasteiger partial charge < -0.3 is 123 Å². The van der Waals surface area contributed by atoms with Crippen LogP contribution in [0.3, 0.4) is 0 Å². The van der Waals surface area contributed by atoms with E-state index in [1.807, 2.05) is 0 Å². The number of H-pyrrole nitrogens is 1. The fourth-order valence-electron chi connectivity index (χ4n) is 11.7.